The molecule has 2 rings (SSSR count). The van der Waals surface area contributed by atoms with Gasteiger partial charge in [-0.15, -0.1) is 0 Å². The predicted molar refractivity (Wildman–Crippen MR) is 85.0 cm³/mol. The standard InChI is InChI=1S/C15H25N5O/c1-6-7-16-12-10-20-9-8-17-13(20)14(18-12)21-11-15(2,3)19(4)5/h8-10,16H,6-7,11H2,1-5H3. The lowest BCUT2D eigenvalue weighted by Crippen LogP contribution is -2.43. The number of hydrogen-bond acceptors (Lipinski definition) is 5. The van der Waals surface area contributed by atoms with Crippen molar-refractivity contribution in [1.29, 1.82) is 0 Å². The van der Waals surface area contributed by atoms with E-state index in [1.165, 1.54) is 0 Å². The van der Waals surface area contributed by atoms with Crippen molar-refractivity contribution in [3.8, 4) is 5.88 Å². The van der Waals surface area contributed by atoms with Crippen LogP contribution in [0.4, 0.5) is 5.82 Å². The highest BCUT2D eigenvalue weighted by Gasteiger charge is 2.22. The Balaban J connectivity index is 2.22. The minimum Gasteiger partial charge on any atom is -0.473 e. The van der Waals surface area contributed by atoms with E-state index < -0.39 is 0 Å². The lowest BCUT2D eigenvalue weighted by atomic mass is 10.1. The Kier molecular flexibility index (Phi) is 4.67. The fourth-order valence-corrected chi connectivity index (χ4v) is 1.71. The molecule has 2 heterocycles. The van der Waals surface area contributed by atoms with Crippen molar-refractivity contribution in [2.24, 2.45) is 0 Å². The SMILES string of the molecule is CCCNc1cn2ccnc2c(OCC(C)(C)N(C)C)n1. The Morgan fingerprint density at radius 1 is 1.38 bits per heavy atom. The van der Waals surface area contributed by atoms with Crippen molar-refractivity contribution in [3.63, 3.8) is 0 Å². The smallest absolute Gasteiger partial charge is 0.260 e. The molecule has 0 spiro atoms. The van der Waals surface area contributed by atoms with Crippen LogP contribution in [0.5, 0.6) is 5.88 Å². The van der Waals surface area contributed by atoms with E-state index in [1.54, 1.807) is 6.20 Å². The van der Waals surface area contributed by atoms with Crippen LogP contribution in [0.25, 0.3) is 5.65 Å². The Labute approximate surface area is 126 Å². The molecule has 6 heteroatoms. The van der Waals surface area contributed by atoms with Gasteiger partial charge in [0.05, 0.1) is 6.20 Å². The molecule has 0 saturated carbocycles. The molecule has 0 bridgehead atoms. The van der Waals surface area contributed by atoms with Gasteiger partial charge in [0, 0.05) is 24.5 Å². The summed E-state index contributed by atoms with van der Waals surface area (Å²) in [7, 11) is 4.09. The van der Waals surface area contributed by atoms with Gasteiger partial charge in [0.25, 0.3) is 5.88 Å². The summed E-state index contributed by atoms with van der Waals surface area (Å²) >= 11 is 0. The van der Waals surface area contributed by atoms with Gasteiger partial charge in [-0.05, 0) is 34.4 Å². The van der Waals surface area contributed by atoms with Crippen LogP contribution in [0.15, 0.2) is 18.6 Å². The van der Waals surface area contributed by atoms with Crippen molar-refractivity contribution < 1.29 is 4.74 Å². The summed E-state index contributed by atoms with van der Waals surface area (Å²) in [5.41, 5.74) is 0.671. The monoisotopic (exact) mass is 291 g/mol. The molecule has 0 atom stereocenters. The average molecular weight is 291 g/mol. The summed E-state index contributed by atoms with van der Waals surface area (Å²) in [6.45, 7) is 7.83. The van der Waals surface area contributed by atoms with Crippen molar-refractivity contribution in [2.45, 2.75) is 32.7 Å². The first kappa shape index (κ1) is 15.6. The molecule has 0 aromatic carbocycles. The first-order chi connectivity index (χ1) is 9.94. The number of aromatic nitrogens is 3. The molecule has 2 aromatic rings. The molecule has 2 aromatic heterocycles. The quantitative estimate of drug-likeness (QED) is 0.848. The highest BCUT2D eigenvalue weighted by Crippen LogP contribution is 2.21. The predicted octanol–water partition coefficient (Wildman–Crippen LogP) is 2.27. The van der Waals surface area contributed by atoms with Crippen LogP contribution in [0, 0.1) is 0 Å². The number of rotatable bonds is 7. The number of nitrogens with zero attached hydrogens (tertiary/aromatic N) is 4. The van der Waals surface area contributed by atoms with Crippen LogP contribution in [-0.4, -0.2) is 52.1 Å². The van der Waals surface area contributed by atoms with E-state index in [4.69, 9.17) is 4.74 Å². The second-order valence-corrected chi connectivity index (χ2v) is 6.01. The molecule has 116 valence electrons. The second-order valence-electron chi connectivity index (χ2n) is 6.01. The molecule has 21 heavy (non-hydrogen) atoms. The van der Waals surface area contributed by atoms with Crippen LogP contribution in [0.1, 0.15) is 27.2 Å². The molecule has 0 radical (unpaired) electrons. The van der Waals surface area contributed by atoms with Crippen molar-refractivity contribution >= 4 is 11.5 Å². The van der Waals surface area contributed by atoms with Gasteiger partial charge in [-0.25, -0.2) is 4.98 Å². The molecule has 0 aliphatic heterocycles. The molecule has 0 unspecified atom stereocenters. The average Bonchev–Trinajstić information content (AvgIpc) is 2.90. The van der Waals surface area contributed by atoms with Gasteiger partial charge in [0.1, 0.15) is 12.4 Å². The maximum absolute atomic E-state index is 5.95. The highest BCUT2D eigenvalue weighted by molar-refractivity contribution is 5.53. The molecular formula is C15H25N5O. The number of nitrogens with one attached hydrogen (secondary N) is 1. The van der Waals surface area contributed by atoms with Crippen molar-refractivity contribution in [3.05, 3.63) is 18.6 Å². The van der Waals surface area contributed by atoms with E-state index in [0.717, 1.165) is 24.4 Å². The molecule has 0 aliphatic carbocycles. The van der Waals surface area contributed by atoms with Gasteiger partial charge in [-0.1, -0.05) is 6.92 Å². The number of hydrogen-bond donors (Lipinski definition) is 1. The zero-order valence-corrected chi connectivity index (χ0v) is 13.6. The maximum atomic E-state index is 5.95. The number of likely N-dealkylation sites (N-methyl/N-ethyl adjacent to an activating group) is 1. The first-order valence-electron chi connectivity index (χ1n) is 7.32. The zero-order valence-electron chi connectivity index (χ0n) is 13.6. The molecular weight excluding hydrogens is 266 g/mol. The van der Waals surface area contributed by atoms with Crippen molar-refractivity contribution in [1.82, 2.24) is 19.3 Å². The van der Waals surface area contributed by atoms with E-state index in [2.05, 4.69) is 41.0 Å². The third-order valence-corrected chi connectivity index (χ3v) is 3.67. The van der Waals surface area contributed by atoms with Gasteiger partial charge >= 0.3 is 0 Å². The van der Waals surface area contributed by atoms with E-state index in [0.29, 0.717) is 12.5 Å². The number of fused-ring (bicyclic) bond motifs is 1. The summed E-state index contributed by atoms with van der Waals surface area (Å²) in [6, 6.07) is 0. The van der Waals surface area contributed by atoms with Crippen LogP contribution < -0.4 is 10.1 Å². The Bertz CT molecular complexity index is 591. The highest BCUT2D eigenvalue weighted by atomic mass is 16.5. The van der Waals surface area contributed by atoms with Gasteiger partial charge in [-0.3, -0.25) is 4.40 Å². The van der Waals surface area contributed by atoms with E-state index in [9.17, 15) is 0 Å². The van der Waals surface area contributed by atoms with Crippen LogP contribution in [-0.2, 0) is 0 Å². The lowest BCUT2D eigenvalue weighted by molar-refractivity contribution is 0.112. The van der Waals surface area contributed by atoms with Gasteiger partial charge < -0.3 is 15.0 Å². The zero-order chi connectivity index (χ0) is 15.5. The topological polar surface area (TPSA) is 54.7 Å². The molecule has 0 aliphatic rings. The molecule has 0 saturated heterocycles. The molecule has 1 N–H and O–H groups in total. The normalized spacial score (nSPS) is 12.1. The molecule has 6 nitrogen and oxygen atoms in total. The van der Waals surface area contributed by atoms with E-state index in [-0.39, 0.29) is 5.54 Å². The summed E-state index contributed by atoms with van der Waals surface area (Å²) in [4.78, 5) is 11.0. The van der Waals surface area contributed by atoms with Crippen molar-refractivity contribution in [2.75, 3.05) is 32.6 Å². The third-order valence-electron chi connectivity index (χ3n) is 3.67. The number of imidazole rings is 1. The van der Waals surface area contributed by atoms with Crippen LogP contribution in [0.3, 0.4) is 0 Å². The fraction of sp³-hybridized carbons (Fsp3) is 0.600. The maximum Gasteiger partial charge on any atom is 0.260 e. The van der Waals surface area contributed by atoms with E-state index in [1.807, 2.05) is 30.9 Å². The summed E-state index contributed by atoms with van der Waals surface area (Å²) < 4.78 is 7.88. The van der Waals surface area contributed by atoms with Crippen LogP contribution in [0.2, 0.25) is 0 Å². The second kappa shape index (κ2) is 6.30. The number of ether oxygens (including phenoxy) is 1. The van der Waals surface area contributed by atoms with Gasteiger partial charge in [0.15, 0.2) is 0 Å². The minimum atomic E-state index is -0.0713. The van der Waals surface area contributed by atoms with E-state index >= 15 is 0 Å². The first-order valence-corrected chi connectivity index (χ1v) is 7.32. The fourth-order valence-electron chi connectivity index (χ4n) is 1.71. The number of anilines is 1. The third kappa shape index (κ3) is 3.64. The molecule has 0 amide bonds. The summed E-state index contributed by atoms with van der Waals surface area (Å²) in [6.07, 6.45) is 6.64. The largest absolute Gasteiger partial charge is 0.473 e. The van der Waals surface area contributed by atoms with Gasteiger partial charge in [0.2, 0.25) is 5.65 Å². The lowest BCUT2D eigenvalue weighted by Gasteiger charge is -2.31. The Morgan fingerprint density at radius 2 is 2.14 bits per heavy atom. The minimum absolute atomic E-state index is 0.0713. The van der Waals surface area contributed by atoms with Gasteiger partial charge in [-0.2, -0.15) is 4.98 Å². The summed E-state index contributed by atoms with van der Waals surface area (Å²) in [5, 5.41) is 3.29. The molecule has 0 fully saturated rings. The Morgan fingerprint density at radius 3 is 2.81 bits per heavy atom. The summed E-state index contributed by atoms with van der Waals surface area (Å²) in [5.74, 6) is 1.37. The Hall–Kier alpha value is -1.82. The van der Waals surface area contributed by atoms with Crippen LogP contribution >= 0.6 is 0 Å².